The normalized spacial score (nSPS) is 13.9. The van der Waals surface area contributed by atoms with Crippen LogP contribution in [0.2, 0.25) is 12.6 Å². The first kappa shape index (κ1) is 8.18. The van der Waals surface area contributed by atoms with Gasteiger partial charge in [0.15, 0.2) is 9.04 Å². The highest BCUT2D eigenvalue weighted by atomic mass is 28.3. The van der Waals surface area contributed by atoms with Crippen LogP contribution in [-0.4, -0.2) is 16.2 Å². The first-order chi connectivity index (χ1) is 3.81. The van der Waals surface area contributed by atoms with E-state index in [0.717, 1.165) is 0 Å². The largest absolute Gasteiger partial charge is 0.423 e. The Balaban J connectivity index is 2.86. The van der Waals surface area contributed by atoms with E-state index in [0.29, 0.717) is 0 Å². The molecule has 0 radical (unpaired) electrons. The Hall–Kier alpha value is 0.177. The zero-order chi connectivity index (χ0) is 6.41. The molecule has 0 heterocycles. The molecule has 1 unspecified atom stereocenters. The molecule has 0 rings (SSSR count). The monoisotopic (exact) mass is 132 g/mol. The van der Waals surface area contributed by atoms with E-state index in [1.165, 1.54) is 18.9 Å². The van der Waals surface area contributed by atoms with Gasteiger partial charge in [0.1, 0.15) is 0 Å². The van der Waals surface area contributed by atoms with E-state index < -0.39 is 9.04 Å². The van der Waals surface area contributed by atoms with Gasteiger partial charge >= 0.3 is 0 Å². The summed E-state index contributed by atoms with van der Waals surface area (Å²) in [4.78, 5) is 0. The predicted molar refractivity (Wildman–Crippen MR) is 39.7 cm³/mol. The van der Waals surface area contributed by atoms with Crippen LogP contribution in [0.3, 0.4) is 0 Å². The summed E-state index contributed by atoms with van der Waals surface area (Å²) < 4.78 is 5.19. The van der Waals surface area contributed by atoms with Crippen molar-refractivity contribution in [3.05, 3.63) is 0 Å². The molecule has 0 saturated heterocycles. The van der Waals surface area contributed by atoms with Crippen LogP contribution in [0.25, 0.3) is 0 Å². The Kier molecular flexibility index (Phi) is 5.43. The molecule has 2 heteroatoms. The smallest absolute Gasteiger partial charge is 0.173 e. The fraction of sp³-hybridized carbons (Fsp3) is 1.00. The minimum absolute atomic E-state index is 0.699. The zero-order valence-electron chi connectivity index (χ0n) is 6.11. The summed E-state index contributed by atoms with van der Waals surface area (Å²) in [6, 6.07) is 1.34. The second-order valence-corrected chi connectivity index (χ2v) is 4.86. The summed E-state index contributed by atoms with van der Waals surface area (Å²) in [7, 11) is 1.13. The quantitative estimate of drug-likeness (QED) is 0.530. The van der Waals surface area contributed by atoms with Crippen molar-refractivity contribution >= 4 is 9.04 Å². The fourth-order valence-electron chi connectivity index (χ4n) is 0.609. The SMILES string of the molecule is CCCC[SiH](C)OC. The molecule has 0 amide bonds. The standard InChI is InChI=1S/C6H16OSi/c1-4-5-6-8(3)7-2/h8H,4-6H2,1-3H3. The maximum atomic E-state index is 5.19. The highest BCUT2D eigenvalue weighted by Crippen LogP contribution is 1.99. The third kappa shape index (κ3) is 4.34. The summed E-state index contributed by atoms with van der Waals surface area (Å²) in [6.45, 7) is 4.46. The van der Waals surface area contributed by atoms with E-state index in [1.807, 2.05) is 7.11 Å². The molecule has 0 fully saturated rings. The number of hydrogen-bond donors (Lipinski definition) is 0. The lowest BCUT2D eigenvalue weighted by Crippen LogP contribution is -2.08. The molecule has 0 bridgehead atoms. The Morgan fingerprint density at radius 1 is 1.50 bits per heavy atom. The highest BCUT2D eigenvalue weighted by molar-refractivity contribution is 6.50. The zero-order valence-corrected chi connectivity index (χ0v) is 7.26. The molecule has 1 atom stereocenters. The topological polar surface area (TPSA) is 9.23 Å². The van der Waals surface area contributed by atoms with E-state index in [1.54, 1.807) is 0 Å². The minimum Gasteiger partial charge on any atom is -0.423 e. The van der Waals surface area contributed by atoms with Crippen molar-refractivity contribution in [1.82, 2.24) is 0 Å². The Labute approximate surface area is 53.8 Å². The first-order valence-corrected chi connectivity index (χ1v) is 5.78. The van der Waals surface area contributed by atoms with Crippen molar-refractivity contribution in [3.63, 3.8) is 0 Å². The highest BCUT2D eigenvalue weighted by Gasteiger charge is 1.98. The van der Waals surface area contributed by atoms with Crippen molar-refractivity contribution < 1.29 is 4.43 Å². The van der Waals surface area contributed by atoms with Gasteiger partial charge in [0.25, 0.3) is 0 Å². The van der Waals surface area contributed by atoms with Gasteiger partial charge in [-0.25, -0.2) is 0 Å². The molecule has 0 aliphatic rings. The van der Waals surface area contributed by atoms with Gasteiger partial charge in [-0.15, -0.1) is 0 Å². The van der Waals surface area contributed by atoms with Crippen molar-refractivity contribution in [1.29, 1.82) is 0 Å². The van der Waals surface area contributed by atoms with Gasteiger partial charge in [-0.05, 0) is 12.6 Å². The Morgan fingerprint density at radius 3 is 2.50 bits per heavy atom. The van der Waals surface area contributed by atoms with Crippen LogP contribution in [0, 0.1) is 0 Å². The molecular formula is C6H16OSi. The van der Waals surface area contributed by atoms with Crippen LogP contribution in [0.5, 0.6) is 0 Å². The maximum absolute atomic E-state index is 5.19. The van der Waals surface area contributed by atoms with Gasteiger partial charge in [-0.3, -0.25) is 0 Å². The second-order valence-electron chi connectivity index (χ2n) is 2.19. The Bertz CT molecular complexity index is 47.8. The average Bonchev–Trinajstić information content (AvgIpc) is 1.83. The average molecular weight is 132 g/mol. The van der Waals surface area contributed by atoms with E-state index in [2.05, 4.69) is 13.5 Å². The van der Waals surface area contributed by atoms with Gasteiger partial charge in [-0.1, -0.05) is 19.8 Å². The molecule has 8 heavy (non-hydrogen) atoms. The van der Waals surface area contributed by atoms with Crippen molar-refractivity contribution in [2.24, 2.45) is 0 Å². The number of hydrogen-bond acceptors (Lipinski definition) is 1. The third-order valence-electron chi connectivity index (χ3n) is 1.37. The molecule has 0 N–H and O–H groups in total. The summed E-state index contributed by atoms with van der Waals surface area (Å²) in [5.74, 6) is 0. The lowest BCUT2D eigenvalue weighted by atomic mass is 10.4. The van der Waals surface area contributed by atoms with Crippen LogP contribution in [-0.2, 0) is 4.43 Å². The molecule has 1 nitrogen and oxygen atoms in total. The van der Waals surface area contributed by atoms with Crippen molar-refractivity contribution in [2.45, 2.75) is 32.4 Å². The lowest BCUT2D eigenvalue weighted by molar-refractivity contribution is 0.422. The lowest BCUT2D eigenvalue weighted by Gasteiger charge is -2.03. The van der Waals surface area contributed by atoms with E-state index >= 15 is 0 Å². The molecule has 0 aromatic carbocycles. The van der Waals surface area contributed by atoms with Crippen LogP contribution >= 0.6 is 0 Å². The molecule has 0 saturated carbocycles. The van der Waals surface area contributed by atoms with Crippen LogP contribution in [0.4, 0.5) is 0 Å². The van der Waals surface area contributed by atoms with Gasteiger partial charge in [0, 0.05) is 7.11 Å². The second kappa shape index (κ2) is 5.32. The van der Waals surface area contributed by atoms with Gasteiger partial charge in [-0.2, -0.15) is 0 Å². The molecule has 0 aliphatic carbocycles. The predicted octanol–water partition coefficient (Wildman–Crippen LogP) is 1.79. The number of unbranched alkanes of at least 4 members (excludes halogenated alkanes) is 1. The summed E-state index contributed by atoms with van der Waals surface area (Å²) in [5.41, 5.74) is 0. The van der Waals surface area contributed by atoms with Crippen molar-refractivity contribution in [3.8, 4) is 0 Å². The van der Waals surface area contributed by atoms with Gasteiger partial charge < -0.3 is 4.43 Å². The van der Waals surface area contributed by atoms with Gasteiger partial charge in [0.05, 0.1) is 0 Å². The maximum Gasteiger partial charge on any atom is 0.173 e. The van der Waals surface area contributed by atoms with E-state index in [9.17, 15) is 0 Å². The Morgan fingerprint density at radius 2 is 2.12 bits per heavy atom. The van der Waals surface area contributed by atoms with Crippen LogP contribution in [0.15, 0.2) is 0 Å². The first-order valence-electron chi connectivity index (χ1n) is 3.34. The molecule has 0 aromatic heterocycles. The van der Waals surface area contributed by atoms with Crippen LogP contribution < -0.4 is 0 Å². The molecule has 0 spiro atoms. The summed E-state index contributed by atoms with van der Waals surface area (Å²) in [5, 5.41) is 0. The number of rotatable bonds is 4. The molecule has 0 aliphatic heterocycles. The summed E-state index contributed by atoms with van der Waals surface area (Å²) >= 11 is 0. The van der Waals surface area contributed by atoms with E-state index in [-0.39, 0.29) is 0 Å². The summed E-state index contributed by atoms with van der Waals surface area (Å²) in [6.07, 6.45) is 2.65. The minimum atomic E-state index is -0.699. The molecule has 0 aromatic rings. The fourth-order valence-corrected chi connectivity index (χ4v) is 1.83. The molecule has 50 valence electrons. The van der Waals surface area contributed by atoms with Crippen LogP contribution in [0.1, 0.15) is 19.8 Å². The van der Waals surface area contributed by atoms with Crippen molar-refractivity contribution in [2.75, 3.05) is 7.11 Å². The molecular weight excluding hydrogens is 116 g/mol. The van der Waals surface area contributed by atoms with Gasteiger partial charge in [0.2, 0.25) is 0 Å². The van der Waals surface area contributed by atoms with E-state index in [4.69, 9.17) is 4.43 Å². The third-order valence-corrected chi connectivity index (χ3v) is 3.39.